The molecule has 3 nitrogen and oxygen atoms in total. The number of alkyl halides is 1. The highest BCUT2D eigenvalue weighted by molar-refractivity contribution is 6.18. The van der Waals surface area contributed by atoms with E-state index in [1.807, 2.05) is 19.1 Å². The Labute approximate surface area is 113 Å². The van der Waals surface area contributed by atoms with Crippen molar-refractivity contribution in [2.24, 2.45) is 0 Å². The van der Waals surface area contributed by atoms with Gasteiger partial charge in [0.15, 0.2) is 0 Å². The Balaban J connectivity index is 2.07. The summed E-state index contributed by atoms with van der Waals surface area (Å²) in [6.07, 6.45) is 4.61. The van der Waals surface area contributed by atoms with E-state index in [2.05, 4.69) is 16.7 Å². The van der Waals surface area contributed by atoms with Crippen LogP contribution in [0.1, 0.15) is 30.9 Å². The summed E-state index contributed by atoms with van der Waals surface area (Å²) in [5.74, 6) is 0.417. The van der Waals surface area contributed by atoms with Gasteiger partial charge in [-0.05, 0) is 49.8 Å². The fraction of sp³-hybridized carbons (Fsp3) is 0.500. The Kier molecular flexibility index (Phi) is 4.48. The molecular weight excluding hydrogens is 248 g/mol. The van der Waals surface area contributed by atoms with Gasteiger partial charge < -0.3 is 10.6 Å². The molecule has 0 radical (unpaired) electrons. The first-order chi connectivity index (χ1) is 8.70. The molecule has 0 fully saturated rings. The van der Waals surface area contributed by atoms with E-state index in [4.69, 9.17) is 11.6 Å². The van der Waals surface area contributed by atoms with Crippen LogP contribution in [-0.4, -0.2) is 18.0 Å². The van der Waals surface area contributed by atoms with Gasteiger partial charge in [0.25, 0.3) is 0 Å². The minimum atomic E-state index is -0.179. The molecule has 1 aromatic rings. The largest absolute Gasteiger partial charge is 0.334 e. The summed E-state index contributed by atoms with van der Waals surface area (Å²) in [7, 11) is 0. The highest BCUT2D eigenvalue weighted by Gasteiger charge is 2.14. The molecule has 0 bridgehead atoms. The highest BCUT2D eigenvalue weighted by Crippen LogP contribution is 2.27. The summed E-state index contributed by atoms with van der Waals surface area (Å²) in [6.45, 7) is 1.88. The Morgan fingerprint density at radius 1 is 1.39 bits per heavy atom. The summed E-state index contributed by atoms with van der Waals surface area (Å²) >= 11 is 5.67. The predicted octanol–water partition coefficient (Wildman–Crippen LogP) is 3.31. The molecule has 0 saturated carbocycles. The number of nitrogens with one attached hydrogen (secondary N) is 2. The zero-order valence-electron chi connectivity index (χ0n) is 10.6. The molecule has 1 atom stereocenters. The minimum absolute atomic E-state index is 0.0220. The molecule has 0 aromatic heterocycles. The van der Waals surface area contributed by atoms with Crippen LogP contribution in [0.25, 0.3) is 0 Å². The van der Waals surface area contributed by atoms with Crippen molar-refractivity contribution < 1.29 is 4.79 Å². The van der Waals surface area contributed by atoms with Gasteiger partial charge >= 0.3 is 6.03 Å². The number of aryl methyl sites for hydroxylation is 1. The zero-order chi connectivity index (χ0) is 13.0. The van der Waals surface area contributed by atoms with E-state index in [0.29, 0.717) is 5.88 Å². The summed E-state index contributed by atoms with van der Waals surface area (Å²) in [4.78, 5) is 11.8. The second-order valence-corrected chi connectivity index (χ2v) is 5.11. The van der Waals surface area contributed by atoms with Gasteiger partial charge in [0.2, 0.25) is 0 Å². The summed E-state index contributed by atoms with van der Waals surface area (Å²) in [6, 6.07) is 5.92. The number of benzene rings is 1. The molecule has 2 amide bonds. The third kappa shape index (κ3) is 3.16. The number of urea groups is 1. The highest BCUT2D eigenvalue weighted by atomic mass is 35.5. The van der Waals surface area contributed by atoms with Crippen LogP contribution >= 0.6 is 11.6 Å². The maximum absolute atomic E-state index is 11.8. The number of halogens is 1. The maximum atomic E-state index is 11.8. The second kappa shape index (κ2) is 6.10. The third-order valence-corrected chi connectivity index (χ3v) is 3.72. The molecule has 0 saturated heterocycles. The van der Waals surface area contributed by atoms with Gasteiger partial charge in [-0.1, -0.05) is 12.1 Å². The minimum Gasteiger partial charge on any atom is -0.334 e. The number of carbonyl (C=O) groups is 1. The summed E-state index contributed by atoms with van der Waals surface area (Å²) in [5.41, 5.74) is 3.59. The van der Waals surface area contributed by atoms with Crippen LogP contribution in [0.4, 0.5) is 10.5 Å². The number of amides is 2. The van der Waals surface area contributed by atoms with Crippen LogP contribution in [0, 0.1) is 0 Å². The third-order valence-electron chi connectivity index (χ3n) is 3.25. The molecule has 98 valence electrons. The number of fused-ring (bicyclic) bond motifs is 1. The van der Waals surface area contributed by atoms with Crippen LogP contribution in [0.5, 0.6) is 0 Å². The van der Waals surface area contributed by atoms with Crippen LogP contribution in [0.15, 0.2) is 18.2 Å². The number of hydrogen-bond acceptors (Lipinski definition) is 1. The lowest BCUT2D eigenvalue weighted by molar-refractivity contribution is 0.250. The lowest BCUT2D eigenvalue weighted by atomic mass is 9.90. The van der Waals surface area contributed by atoms with Crippen molar-refractivity contribution >= 4 is 23.3 Å². The van der Waals surface area contributed by atoms with Crippen molar-refractivity contribution in [3.05, 3.63) is 29.3 Å². The first-order valence-corrected chi connectivity index (χ1v) is 6.98. The normalized spacial score (nSPS) is 15.7. The number of carbonyl (C=O) groups excluding carboxylic acids is 1. The number of hydrogen-bond donors (Lipinski definition) is 2. The van der Waals surface area contributed by atoms with Crippen LogP contribution in [0.2, 0.25) is 0 Å². The molecule has 18 heavy (non-hydrogen) atoms. The lowest BCUT2D eigenvalue weighted by Crippen LogP contribution is -2.37. The Hall–Kier alpha value is -1.22. The van der Waals surface area contributed by atoms with E-state index >= 15 is 0 Å². The molecule has 4 heteroatoms. The molecule has 2 rings (SSSR count). The molecule has 1 aromatic carbocycles. The van der Waals surface area contributed by atoms with Crippen LogP contribution in [0.3, 0.4) is 0 Å². The van der Waals surface area contributed by atoms with Gasteiger partial charge in [0.05, 0.1) is 0 Å². The second-order valence-electron chi connectivity index (χ2n) is 4.80. The molecule has 0 aliphatic heterocycles. The van der Waals surface area contributed by atoms with E-state index in [-0.39, 0.29) is 12.1 Å². The molecule has 0 heterocycles. The molecule has 1 aliphatic carbocycles. The zero-order valence-corrected chi connectivity index (χ0v) is 11.4. The quantitative estimate of drug-likeness (QED) is 0.810. The van der Waals surface area contributed by atoms with Gasteiger partial charge in [0.1, 0.15) is 0 Å². The Morgan fingerprint density at radius 2 is 2.17 bits per heavy atom. The van der Waals surface area contributed by atoms with E-state index < -0.39 is 0 Å². The molecular formula is C14H19ClN2O. The number of anilines is 1. The van der Waals surface area contributed by atoms with Crippen molar-refractivity contribution in [1.29, 1.82) is 0 Å². The van der Waals surface area contributed by atoms with Crippen molar-refractivity contribution in [1.82, 2.24) is 5.32 Å². The van der Waals surface area contributed by atoms with Gasteiger partial charge in [-0.3, -0.25) is 0 Å². The smallest absolute Gasteiger partial charge is 0.319 e. The molecule has 1 aliphatic rings. The molecule has 1 unspecified atom stereocenters. The number of rotatable bonds is 3. The lowest BCUT2D eigenvalue weighted by Gasteiger charge is -2.20. The maximum Gasteiger partial charge on any atom is 0.319 e. The van der Waals surface area contributed by atoms with Crippen molar-refractivity contribution in [2.75, 3.05) is 11.2 Å². The van der Waals surface area contributed by atoms with Gasteiger partial charge in [-0.15, -0.1) is 11.6 Å². The molecule has 2 N–H and O–H groups in total. The SMILES string of the molecule is CC(CCl)NC(=O)Nc1cccc2c1CCCC2. The van der Waals surface area contributed by atoms with Gasteiger partial charge in [-0.2, -0.15) is 0 Å². The first kappa shape index (κ1) is 13.2. The Bertz CT molecular complexity index is 434. The summed E-state index contributed by atoms with van der Waals surface area (Å²) in [5, 5.41) is 5.73. The van der Waals surface area contributed by atoms with Crippen molar-refractivity contribution in [2.45, 2.75) is 38.6 Å². The van der Waals surface area contributed by atoms with Gasteiger partial charge in [-0.25, -0.2) is 4.79 Å². The van der Waals surface area contributed by atoms with E-state index in [0.717, 1.165) is 18.5 Å². The molecule has 0 spiro atoms. The predicted molar refractivity (Wildman–Crippen MR) is 75.4 cm³/mol. The van der Waals surface area contributed by atoms with Crippen LogP contribution < -0.4 is 10.6 Å². The van der Waals surface area contributed by atoms with E-state index in [9.17, 15) is 4.79 Å². The topological polar surface area (TPSA) is 41.1 Å². The summed E-state index contributed by atoms with van der Waals surface area (Å²) < 4.78 is 0. The fourth-order valence-electron chi connectivity index (χ4n) is 2.32. The Morgan fingerprint density at radius 3 is 2.94 bits per heavy atom. The van der Waals surface area contributed by atoms with E-state index in [1.165, 1.54) is 24.0 Å². The van der Waals surface area contributed by atoms with Crippen LogP contribution in [-0.2, 0) is 12.8 Å². The van der Waals surface area contributed by atoms with Gasteiger partial charge in [0, 0.05) is 17.6 Å². The van der Waals surface area contributed by atoms with E-state index in [1.54, 1.807) is 0 Å². The monoisotopic (exact) mass is 266 g/mol. The standard InChI is InChI=1S/C14H19ClN2O/c1-10(9-15)16-14(18)17-13-8-4-6-11-5-2-3-7-12(11)13/h4,6,8,10H,2-3,5,7,9H2,1H3,(H2,16,17,18). The van der Waals surface area contributed by atoms with Crippen molar-refractivity contribution in [3.63, 3.8) is 0 Å². The fourth-order valence-corrected chi connectivity index (χ4v) is 2.40. The first-order valence-electron chi connectivity index (χ1n) is 6.45. The van der Waals surface area contributed by atoms with Crippen molar-refractivity contribution in [3.8, 4) is 0 Å². The average molecular weight is 267 g/mol. The average Bonchev–Trinajstić information content (AvgIpc) is 2.39.